The van der Waals surface area contributed by atoms with Crippen molar-refractivity contribution in [1.29, 1.82) is 0 Å². The molecule has 3 nitrogen and oxygen atoms in total. The van der Waals surface area contributed by atoms with E-state index in [-0.39, 0.29) is 0 Å². The molecule has 3 heteroatoms. The lowest BCUT2D eigenvalue weighted by Crippen LogP contribution is -2.30. The summed E-state index contributed by atoms with van der Waals surface area (Å²) in [5.41, 5.74) is 1.00. The summed E-state index contributed by atoms with van der Waals surface area (Å²) < 4.78 is 5.77. The monoisotopic (exact) mass is 286 g/mol. The highest BCUT2D eigenvalue weighted by Gasteiger charge is 2.03. The Hall–Kier alpha value is -1.61. The summed E-state index contributed by atoms with van der Waals surface area (Å²) in [7, 11) is 0. The van der Waals surface area contributed by atoms with Gasteiger partial charge in [-0.1, -0.05) is 32.0 Å². The zero-order chi connectivity index (χ0) is 15.1. The molecule has 21 heavy (non-hydrogen) atoms. The molecule has 0 aliphatic rings. The second-order valence-corrected chi connectivity index (χ2v) is 6.04. The second-order valence-electron chi connectivity index (χ2n) is 6.04. The van der Waals surface area contributed by atoms with Crippen LogP contribution < -0.4 is 10.1 Å². The minimum atomic E-state index is 0.547. The highest BCUT2D eigenvalue weighted by molar-refractivity contribution is 5.79. The molecule has 0 aliphatic carbocycles. The molecule has 0 saturated heterocycles. The van der Waals surface area contributed by atoms with Gasteiger partial charge in [-0.05, 0) is 37.8 Å². The SMILES string of the molecule is CC(C)CCC(C)NCCOc1cnc2ccccc2c1. The number of nitrogens with one attached hydrogen (secondary N) is 1. The van der Waals surface area contributed by atoms with Crippen molar-refractivity contribution < 1.29 is 4.74 Å². The van der Waals surface area contributed by atoms with Crippen molar-refractivity contribution in [2.24, 2.45) is 5.92 Å². The summed E-state index contributed by atoms with van der Waals surface area (Å²) in [6, 6.07) is 10.7. The average Bonchev–Trinajstić information content (AvgIpc) is 2.49. The molecule has 0 fully saturated rings. The van der Waals surface area contributed by atoms with Gasteiger partial charge in [0.05, 0.1) is 11.7 Å². The van der Waals surface area contributed by atoms with E-state index in [1.165, 1.54) is 12.8 Å². The maximum atomic E-state index is 5.77. The van der Waals surface area contributed by atoms with Gasteiger partial charge in [0.25, 0.3) is 0 Å². The normalized spacial score (nSPS) is 12.8. The lowest BCUT2D eigenvalue weighted by molar-refractivity contribution is 0.302. The highest BCUT2D eigenvalue weighted by Crippen LogP contribution is 2.17. The molecule has 2 aromatic rings. The van der Waals surface area contributed by atoms with E-state index in [2.05, 4.69) is 37.1 Å². The van der Waals surface area contributed by atoms with Crippen molar-refractivity contribution in [1.82, 2.24) is 10.3 Å². The van der Waals surface area contributed by atoms with Gasteiger partial charge in [-0.15, -0.1) is 0 Å². The Morgan fingerprint density at radius 1 is 1.14 bits per heavy atom. The van der Waals surface area contributed by atoms with Gasteiger partial charge in [-0.25, -0.2) is 0 Å². The zero-order valence-corrected chi connectivity index (χ0v) is 13.3. The van der Waals surface area contributed by atoms with Gasteiger partial charge in [-0.3, -0.25) is 4.98 Å². The maximum absolute atomic E-state index is 5.77. The van der Waals surface area contributed by atoms with E-state index in [4.69, 9.17) is 4.74 Å². The molecule has 114 valence electrons. The van der Waals surface area contributed by atoms with Gasteiger partial charge in [0, 0.05) is 18.0 Å². The van der Waals surface area contributed by atoms with Crippen molar-refractivity contribution in [3.8, 4) is 5.75 Å². The van der Waals surface area contributed by atoms with Gasteiger partial charge in [0.15, 0.2) is 0 Å². The first-order chi connectivity index (χ1) is 10.1. The summed E-state index contributed by atoms with van der Waals surface area (Å²) >= 11 is 0. The number of aromatic nitrogens is 1. The molecule has 1 aromatic heterocycles. The van der Waals surface area contributed by atoms with Gasteiger partial charge < -0.3 is 10.1 Å². The van der Waals surface area contributed by atoms with Crippen LogP contribution in [0.2, 0.25) is 0 Å². The topological polar surface area (TPSA) is 34.1 Å². The fraction of sp³-hybridized carbons (Fsp3) is 0.500. The van der Waals surface area contributed by atoms with Gasteiger partial charge in [-0.2, -0.15) is 0 Å². The smallest absolute Gasteiger partial charge is 0.138 e. The third-order valence-electron chi connectivity index (χ3n) is 3.61. The predicted molar refractivity (Wildman–Crippen MR) is 88.8 cm³/mol. The minimum Gasteiger partial charge on any atom is -0.491 e. The van der Waals surface area contributed by atoms with Crippen LogP contribution in [0.4, 0.5) is 0 Å². The molecular formula is C18H26N2O. The maximum Gasteiger partial charge on any atom is 0.138 e. The molecule has 0 radical (unpaired) electrons. The van der Waals surface area contributed by atoms with Crippen molar-refractivity contribution in [3.05, 3.63) is 36.5 Å². The Balaban J connectivity index is 1.72. The first-order valence-electron chi connectivity index (χ1n) is 7.86. The van der Waals surface area contributed by atoms with Gasteiger partial charge >= 0.3 is 0 Å². The Morgan fingerprint density at radius 2 is 1.95 bits per heavy atom. The number of hydrogen-bond donors (Lipinski definition) is 1. The number of para-hydroxylation sites is 1. The van der Waals surface area contributed by atoms with Crippen LogP contribution in [0.25, 0.3) is 10.9 Å². The second kappa shape index (κ2) is 7.99. The molecule has 1 heterocycles. The van der Waals surface area contributed by atoms with Crippen LogP contribution >= 0.6 is 0 Å². The Morgan fingerprint density at radius 3 is 2.76 bits per heavy atom. The van der Waals surface area contributed by atoms with E-state index in [0.29, 0.717) is 12.6 Å². The summed E-state index contributed by atoms with van der Waals surface area (Å²) in [5.74, 6) is 1.61. The summed E-state index contributed by atoms with van der Waals surface area (Å²) in [6.07, 6.45) is 4.28. The van der Waals surface area contributed by atoms with E-state index in [1.54, 1.807) is 6.20 Å². The fourth-order valence-electron chi connectivity index (χ4n) is 2.29. The number of fused-ring (bicyclic) bond motifs is 1. The van der Waals surface area contributed by atoms with Gasteiger partial charge in [0.2, 0.25) is 0 Å². The first-order valence-corrected chi connectivity index (χ1v) is 7.86. The molecule has 0 spiro atoms. The first kappa shape index (κ1) is 15.8. The molecule has 1 aromatic carbocycles. The zero-order valence-electron chi connectivity index (χ0n) is 13.3. The van der Waals surface area contributed by atoms with Crippen molar-refractivity contribution in [3.63, 3.8) is 0 Å². The summed E-state index contributed by atoms with van der Waals surface area (Å²) in [6.45, 7) is 8.31. The van der Waals surface area contributed by atoms with Crippen LogP contribution in [0.1, 0.15) is 33.6 Å². The fourth-order valence-corrected chi connectivity index (χ4v) is 2.29. The standard InChI is InChI=1S/C18H26N2O/c1-14(2)8-9-15(3)19-10-11-21-17-12-16-6-4-5-7-18(16)20-13-17/h4-7,12-15,19H,8-11H2,1-3H3. The number of benzene rings is 1. The molecule has 1 unspecified atom stereocenters. The largest absolute Gasteiger partial charge is 0.491 e. The van der Waals surface area contributed by atoms with Gasteiger partial charge in [0.1, 0.15) is 12.4 Å². The summed E-state index contributed by atoms with van der Waals surface area (Å²) in [5, 5.41) is 4.62. The van der Waals surface area contributed by atoms with Crippen molar-refractivity contribution >= 4 is 10.9 Å². The molecule has 0 bridgehead atoms. The predicted octanol–water partition coefficient (Wildman–Crippen LogP) is 4.03. The molecule has 0 amide bonds. The Bertz CT molecular complexity index is 554. The van der Waals surface area contributed by atoms with Crippen LogP contribution in [-0.4, -0.2) is 24.2 Å². The molecule has 2 rings (SSSR count). The van der Waals surface area contributed by atoms with Crippen LogP contribution in [-0.2, 0) is 0 Å². The van der Waals surface area contributed by atoms with Crippen LogP contribution in [0, 0.1) is 5.92 Å². The lowest BCUT2D eigenvalue weighted by Gasteiger charge is -2.15. The van der Waals surface area contributed by atoms with E-state index in [1.807, 2.05) is 24.3 Å². The Kier molecular flexibility index (Phi) is 6.00. The lowest BCUT2D eigenvalue weighted by atomic mass is 10.0. The van der Waals surface area contributed by atoms with E-state index in [0.717, 1.165) is 29.1 Å². The number of nitrogens with zero attached hydrogens (tertiary/aromatic N) is 1. The van der Waals surface area contributed by atoms with E-state index in [9.17, 15) is 0 Å². The van der Waals surface area contributed by atoms with E-state index < -0.39 is 0 Å². The minimum absolute atomic E-state index is 0.547. The molecule has 0 saturated carbocycles. The molecule has 1 atom stereocenters. The third kappa shape index (κ3) is 5.35. The number of ether oxygens (including phenoxy) is 1. The van der Waals surface area contributed by atoms with Crippen molar-refractivity contribution in [2.75, 3.05) is 13.2 Å². The quantitative estimate of drug-likeness (QED) is 0.744. The van der Waals surface area contributed by atoms with Crippen LogP contribution in [0.5, 0.6) is 5.75 Å². The highest BCUT2D eigenvalue weighted by atomic mass is 16.5. The average molecular weight is 286 g/mol. The molecule has 1 N–H and O–H groups in total. The molecule has 0 aliphatic heterocycles. The number of hydrogen-bond acceptors (Lipinski definition) is 3. The van der Waals surface area contributed by atoms with E-state index >= 15 is 0 Å². The molecular weight excluding hydrogens is 260 g/mol. The van der Waals surface area contributed by atoms with Crippen LogP contribution in [0.3, 0.4) is 0 Å². The Labute approximate surface area is 127 Å². The van der Waals surface area contributed by atoms with Crippen LogP contribution in [0.15, 0.2) is 36.5 Å². The summed E-state index contributed by atoms with van der Waals surface area (Å²) in [4.78, 5) is 4.40. The number of pyridine rings is 1. The van der Waals surface area contributed by atoms with Crippen molar-refractivity contribution in [2.45, 2.75) is 39.7 Å². The third-order valence-corrected chi connectivity index (χ3v) is 3.61. The number of rotatable bonds is 8.